The topological polar surface area (TPSA) is 69.6 Å². The van der Waals surface area contributed by atoms with Crippen molar-refractivity contribution in [2.24, 2.45) is 5.92 Å². The van der Waals surface area contributed by atoms with Crippen LogP contribution < -0.4 is 5.32 Å². The lowest BCUT2D eigenvalue weighted by molar-refractivity contribution is 0.0952. The fourth-order valence-electron chi connectivity index (χ4n) is 3.59. The number of rotatable bonds is 10. The first-order valence-corrected chi connectivity index (χ1v) is 10.3. The third kappa shape index (κ3) is 6.59. The molecular weight excluding hydrogens is 350 g/mol. The smallest absolute Gasteiger partial charge is 0.251 e. The van der Waals surface area contributed by atoms with Gasteiger partial charge < -0.3 is 15.5 Å². The van der Waals surface area contributed by atoms with Crippen LogP contribution in [-0.2, 0) is 6.42 Å². The Morgan fingerprint density at radius 1 is 1.04 bits per heavy atom. The van der Waals surface area contributed by atoms with Gasteiger partial charge in [-0.1, -0.05) is 45.7 Å². The van der Waals surface area contributed by atoms with Crippen LogP contribution in [0.15, 0.2) is 42.5 Å². The van der Waals surface area contributed by atoms with Crippen LogP contribution in [0.1, 0.15) is 73.9 Å². The van der Waals surface area contributed by atoms with Gasteiger partial charge in [0.25, 0.3) is 5.91 Å². The standard InChI is InChI=1S/C24H33NO3/c1-4-5-6-19(15-17(2)3)23-16-21(27)11-12-22(23)24(28)25-14-13-18-7-9-20(26)10-8-18/h7-12,16-17,19,26-27H,4-6,13-15H2,1-3H3,(H,25,28). The molecule has 1 atom stereocenters. The second-order valence-corrected chi connectivity index (χ2v) is 7.91. The van der Waals surface area contributed by atoms with Crippen LogP contribution in [0.3, 0.4) is 0 Å². The number of benzene rings is 2. The van der Waals surface area contributed by atoms with E-state index >= 15 is 0 Å². The summed E-state index contributed by atoms with van der Waals surface area (Å²) < 4.78 is 0. The molecule has 0 aromatic heterocycles. The summed E-state index contributed by atoms with van der Waals surface area (Å²) in [5, 5.41) is 22.4. The maximum absolute atomic E-state index is 12.9. The molecule has 1 amide bonds. The van der Waals surface area contributed by atoms with Crippen molar-refractivity contribution >= 4 is 5.91 Å². The van der Waals surface area contributed by atoms with E-state index in [1.165, 1.54) is 0 Å². The lowest BCUT2D eigenvalue weighted by atomic mass is 9.83. The molecule has 0 saturated heterocycles. The molecule has 1 unspecified atom stereocenters. The number of aromatic hydroxyl groups is 2. The number of hydrogen-bond donors (Lipinski definition) is 3. The minimum Gasteiger partial charge on any atom is -0.508 e. The van der Waals surface area contributed by atoms with E-state index in [1.807, 2.05) is 12.1 Å². The Kier molecular flexibility index (Phi) is 8.37. The van der Waals surface area contributed by atoms with Gasteiger partial charge in [0.1, 0.15) is 11.5 Å². The molecule has 0 aliphatic heterocycles. The normalized spacial score (nSPS) is 12.1. The summed E-state index contributed by atoms with van der Waals surface area (Å²) in [5.74, 6) is 1.14. The number of nitrogens with one attached hydrogen (secondary N) is 1. The summed E-state index contributed by atoms with van der Waals surface area (Å²) >= 11 is 0. The van der Waals surface area contributed by atoms with E-state index in [-0.39, 0.29) is 23.3 Å². The van der Waals surface area contributed by atoms with Crippen molar-refractivity contribution in [1.29, 1.82) is 0 Å². The number of phenolic OH excluding ortho intramolecular Hbond substituents is 2. The fourth-order valence-corrected chi connectivity index (χ4v) is 3.59. The molecule has 0 saturated carbocycles. The monoisotopic (exact) mass is 383 g/mol. The maximum atomic E-state index is 12.9. The van der Waals surface area contributed by atoms with E-state index in [0.717, 1.165) is 36.8 Å². The summed E-state index contributed by atoms with van der Waals surface area (Å²) in [6.45, 7) is 7.08. The van der Waals surface area contributed by atoms with E-state index in [1.54, 1.807) is 30.3 Å². The van der Waals surface area contributed by atoms with Crippen molar-refractivity contribution in [3.63, 3.8) is 0 Å². The van der Waals surface area contributed by atoms with Crippen LogP contribution in [0.4, 0.5) is 0 Å². The largest absolute Gasteiger partial charge is 0.508 e. The van der Waals surface area contributed by atoms with Gasteiger partial charge >= 0.3 is 0 Å². The highest BCUT2D eigenvalue weighted by molar-refractivity contribution is 5.96. The quantitative estimate of drug-likeness (QED) is 0.515. The summed E-state index contributed by atoms with van der Waals surface area (Å²) in [4.78, 5) is 12.9. The lowest BCUT2D eigenvalue weighted by Crippen LogP contribution is -2.27. The van der Waals surface area contributed by atoms with Crippen molar-refractivity contribution in [2.45, 2.75) is 58.8 Å². The Morgan fingerprint density at radius 2 is 1.71 bits per heavy atom. The highest BCUT2D eigenvalue weighted by Crippen LogP contribution is 2.33. The van der Waals surface area contributed by atoms with E-state index in [0.29, 0.717) is 24.4 Å². The molecule has 0 heterocycles. The summed E-state index contributed by atoms with van der Waals surface area (Å²) in [5.41, 5.74) is 2.67. The zero-order valence-corrected chi connectivity index (χ0v) is 17.2. The van der Waals surface area contributed by atoms with Crippen LogP contribution in [0.2, 0.25) is 0 Å². The SMILES string of the molecule is CCCCC(CC(C)C)c1cc(O)ccc1C(=O)NCCc1ccc(O)cc1. The van der Waals surface area contributed by atoms with Gasteiger partial charge in [0.15, 0.2) is 0 Å². The van der Waals surface area contributed by atoms with E-state index in [9.17, 15) is 15.0 Å². The van der Waals surface area contributed by atoms with Crippen LogP contribution in [-0.4, -0.2) is 22.7 Å². The van der Waals surface area contributed by atoms with Gasteiger partial charge in [0.2, 0.25) is 0 Å². The van der Waals surface area contributed by atoms with Gasteiger partial charge in [-0.15, -0.1) is 0 Å². The minimum atomic E-state index is -0.0981. The number of unbranched alkanes of at least 4 members (excludes halogenated alkanes) is 1. The van der Waals surface area contributed by atoms with Crippen molar-refractivity contribution in [1.82, 2.24) is 5.32 Å². The third-order valence-corrected chi connectivity index (χ3v) is 5.02. The molecule has 0 radical (unpaired) electrons. The number of carbonyl (C=O) groups is 1. The Balaban J connectivity index is 2.11. The molecule has 0 aliphatic carbocycles. The van der Waals surface area contributed by atoms with Gasteiger partial charge in [-0.05, 0) is 72.6 Å². The first-order valence-electron chi connectivity index (χ1n) is 10.3. The Hall–Kier alpha value is -2.49. The Labute approximate surface area is 168 Å². The molecule has 4 heteroatoms. The highest BCUT2D eigenvalue weighted by Gasteiger charge is 2.20. The number of amides is 1. The summed E-state index contributed by atoms with van der Waals surface area (Å²) in [7, 11) is 0. The minimum absolute atomic E-state index is 0.0981. The Bertz CT molecular complexity index is 753. The molecule has 2 rings (SSSR count). The molecular formula is C24H33NO3. The molecule has 0 aliphatic rings. The third-order valence-electron chi connectivity index (χ3n) is 5.02. The lowest BCUT2D eigenvalue weighted by Gasteiger charge is -2.22. The molecule has 152 valence electrons. The zero-order valence-electron chi connectivity index (χ0n) is 17.2. The number of carbonyl (C=O) groups excluding carboxylic acids is 1. The van der Waals surface area contributed by atoms with E-state index < -0.39 is 0 Å². The van der Waals surface area contributed by atoms with Crippen LogP contribution in [0, 0.1) is 5.92 Å². The summed E-state index contributed by atoms with van der Waals surface area (Å²) in [6, 6.07) is 12.1. The predicted molar refractivity (Wildman–Crippen MR) is 114 cm³/mol. The van der Waals surface area contributed by atoms with Gasteiger partial charge in [-0.2, -0.15) is 0 Å². The molecule has 4 nitrogen and oxygen atoms in total. The second-order valence-electron chi connectivity index (χ2n) is 7.91. The molecule has 0 spiro atoms. The van der Waals surface area contributed by atoms with Crippen LogP contribution in [0.25, 0.3) is 0 Å². The molecule has 28 heavy (non-hydrogen) atoms. The summed E-state index contributed by atoms with van der Waals surface area (Å²) in [6.07, 6.45) is 4.93. The second kappa shape index (κ2) is 10.7. The fraction of sp³-hybridized carbons (Fsp3) is 0.458. The van der Waals surface area contributed by atoms with Crippen LogP contribution in [0.5, 0.6) is 11.5 Å². The van der Waals surface area contributed by atoms with E-state index in [2.05, 4.69) is 26.1 Å². The van der Waals surface area contributed by atoms with Gasteiger partial charge in [0, 0.05) is 12.1 Å². The Morgan fingerprint density at radius 3 is 2.36 bits per heavy atom. The maximum Gasteiger partial charge on any atom is 0.251 e. The van der Waals surface area contributed by atoms with Gasteiger partial charge in [0.05, 0.1) is 0 Å². The van der Waals surface area contributed by atoms with Gasteiger partial charge in [-0.3, -0.25) is 4.79 Å². The van der Waals surface area contributed by atoms with Crippen molar-refractivity contribution in [3.8, 4) is 11.5 Å². The van der Waals surface area contributed by atoms with Crippen LogP contribution >= 0.6 is 0 Å². The first kappa shape index (κ1) is 21.8. The molecule has 3 N–H and O–H groups in total. The predicted octanol–water partition coefficient (Wildman–Crippen LogP) is 5.39. The number of phenols is 2. The molecule has 0 bridgehead atoms. The van der Waals surface area contributed by atoms with Gasteiger partial charge in [-0.25, -0.2) is 0 Å². The first-order chi connectivity index (χ1) is 13.4. The van der Waals surface area contributed by atoms with Crippen molar-refractivity contribution in [2.75, 3.05) is 6.54 Å². The highest BCUT2D eigenvalue weighted by atomic mass is 16.3. The molecule has 2 aromatic rings. The van der Waals surface area contributed by atoms with Crippen molar-refractivity contribution < 1.29 is 15.0 Å². The zero-order chi connectivity index (χ0) is 20.5. The average molecular weight is 384 g/mol. The molecule has 0 fully saturated rings. The number of hydrogen-bond acceptors (Lipinski definition) is 3. The average Bonchev–Trinajstić information content (AvgIpc) is 2.66. The molecule has 2 aromatic carbocycles. The van der Waals surface area contributed by atoms with Crippen molar-refractivity contribution in [3.05, 3.63) is 59.2 Å². The van der Waals surface area contributed by atoms with E-state index in [4.69, 9.17) is 0 Å².